The van der Waals surface area contributed by atoms with Gasteiger partial charge in [0.1, 0.15) is 23.4 Å². The lowest BCUT2D eigenvalue weighted by molar-refractivity contribution is -0.142. The van der Waals surface area contributed by atoms with Crippen molar-refractivity contribution in [3.8, 4) is 5.75 Å². The van der Waals surface area contributed by atoms with Crippen LogP contribution in [0.1, 0.15) is 84.4 Å². The van der Waals surface area contributed by atoms with Crippen LogP contribution in [0.3, 0.4) is 0 Å². The molecule has 186 valence electrons. The fourth-order valence-electron chi connectivity index (χ4n) is 3.41. The number of amides is 3. The predicted molar refractivity (Wildman–Crippen MR) is 129 cm³/mol. The van der Waals surface area contributed by atoms with Crippen molar-refractivity contribution in [3.05, 3.63) is 29.3 Å². The maximum Gasteiger partial charge on any atom is 0.408 e. The molecule has 1 rings (SSSR count). The van der Waals surface area contributed by atoms with Gasteiger partial charge in [0.25, 0.3) is 0 Å². The Morgan fingerprint density at radius 1 is 1.12 bits per heavy atom. The lowest BCUT2D eigenvalue weighted by Crippen LogP contribution is -2.52. The van der Waals surface area contributed by atoms with Crippen molar-refractivity contribution in [1.29, 1.82) is 0 Å². The van der Waals surface area contributed by atoms with Crippen LogP contribution < -0.4 is 10.6 Å². The molecule has 0 aromatic heterocycles. The fraction of sp³-hybridized carbons (Fsp3) is 0.640. The van der Waals surface area contributed by atoms with E-state index in [0.29, 0.717) is 30.6 Å². The Kier molecular flexibility index (Phi) is 11.2. The van der Waals surface area contributed by atoms with E-state index in [2.05, 4.69) is 17.6 Å². The van der Waals surface area contributed by atoms with Gasteiger partial charge in [-0.15, -0.1) is 0 Å². The van der Waals surface area contributed by atoms with E-state index in [1.54, 1.807) is 46.8 Å². The summed E-state index contributed by atoms with van der Waals surface area (Å²) in [5, 5.41) is 15.5. The number of aromatic hydroxyl groups is 1. The number of alkyl carbamates (subject to hydrolysis) is 1. The third-order valence-electron chi connectivity index (χ3n) is 5.03. The minimum absolute atomic E-state index is 0.120. The van der Waals surface area contributed by atoms with Gasteiger partial charge in [-0.05, 0) is 70.7 Å². The van der Waals surface area contributed by atoms with E-state index in [4.69, 9.17) is 4.74 Å². The number of hydrogen-bond donors (Lipinski definition) is 3. The SMILES string of the molecule is CCCCCNC(=O)C(c1ccc(O)c(C)c1)N(CCC)C(=O)C(C)NC(=O)OC(C)(C)C. The van der Waals surface area contributed by atoms with Gasteiger partial charge in [-0.2, -0.15) is 0 Å². The average Bonchev–Trinajstić information content (AvgIpc) is 2.71. The highest BCUT2D eigenvalue weighted by molar-refractivity contribution is 5.92. The summed E-state index contributed by atoms with van der Waals surface area (Å²) >= 11 is 0. The zero-order valence-corrected chi connectivity index (χ0v) is 21.2. The summed E-state index contributed by atoms with van der Waals surface area (Å²) in [7, 11) is 0. The van der Waals surface area contributed by atoms with Crippen molar-refractivity contribution in [2.75, 3.05) is 13.1 Å². The summed E-state index contributed by atoms with van der Waals surface area (Å²) in [5.41, 5.74) is 0.519. The van der Waals surface area contributed by atoms with Crippen molar-refractivity contribution in [1.82, 2.24) is 15.5 Å². The van der Waals surface area contributed by atoms with Crippen LogP contribution in [0.15, 0.2) is 18.2 Å². The quantitative estimate of drug-likeness (QED) is 0.426. The maximum absolute atomic E-state index is 13.4. The lowest BCUT2D eigenvalue weighted by Gasteiger charge is -2.33. The molecule has 2 atom stereocenters. The van der Waals surface area contributed by atoms with Gasteiger partial charge < -0.3 is 25.4 Å². The van der Waals surface area contributed by atoms with E-state index < -0.39 is 23.8 Å². The molecule has 0 bridgehead atoms. The summed E-state index contributed by atoms with van der Waals surface area (Å²) in [5.74, 6) is -0.557. The average molecular weight is 464 g/mol. The minimum Gasteiger partial charge on any atom is -0.508 e. The highest BCUT2D eigenvalue weighted by Gasteiger charge is 2.34. The Balaban J connectivity index is 3.21. The molecular weight excluding hydrogens is 422 g/mol. The Morgan fingerprint density at radius 3 is 2.33 bits per heavy atom. The summed E-state index contributed by atoms with van der Waals surface area (Å²) < 4.78 is 5.27. The van der Waals surface area contributed by atoms with E-state index in [1.165, 1.54) is 11.0 Å². The number of unbranched alkanes of at least 4 members (excludes halogenated alkanes) is 2. The molecule has 0 spiro atoms. The third-order valence-corrected chi connectivity index (χ3v) is 5.03. The smallest absolute Gasteiger partial charge is 0.408 e. The number of phenols is 1. The molecule has 3 N–H and O–H groups in total. The first kappa shape index (κ1) is 28.3. The molecule has 8 nitrogen and oxygen atoms in total. The van der Waals surface area contributed by atoms with Crippen LogP contribution in [0.2, 0.25) is 0 Å². The van der Waals surface area contributed by atoms with Gasteiger partial charge >= 0.3 is 6.09 Å². The highest BCUT2D eigenvalue weighted by Crippen LogP contribution is 2.27. The second-order valence-corrected chi connectivity index (χ2v) is 9.35. The topological polar surface area (TPSA) is 108 Å². The van der Waals surface area contributed by atoms with Crippen LogP contribution in [0.5, 0.6) is 5.75 Å². The van der Waals surface area contributed by atoms with Crippen LogP contribution >= 0.6 is 0 Å². The van der Waals surface area contributed by atoms with Gasteiger partial charge in [-0.25, -0.2) is 4.79 Å². The highest BCUT2D eigenvalue weighted by atomic mass is 16.6. The Hall–Kier alpha value is -2.77. The number of aryl methyl sites for hydroxylation is 1. The number of nitrogens with one attached hydrogen (secondary N) is 2. The molecule has 0 radical (unpaired) electrons. The fourth-order valence-corrected chi connectivity index (χ4v) is 3.41. The largest absolute Gasteiger partial charge is 0.508 e. The van der Waals surface area contributed by atoms with Crippen LogP contribution in [0.25, 0.3) is 0 Å². The first-order valence-corrected chi connectivity index (χ1v) is 11.8. The molecule has 8 heteroatoms. The number of carbonyl (C=O) groups is 3. The second kappa shape index (κ2) is 13.1. The second-order valence-electron chi connectivity index (χ2n) is 9.35. The number of hydrogen-bond acceptors (Lipinski definition) is 5. The molecular formula is C25H41N3O5. The van der Waals surface area contributed by atoms with E-state index in [0.717, 1.165) is 19.3 Å². The predicted octanol–water partition coefficient (Wildman–Crippen LogP) is 4.20. The van der Waals surface area contributed by atoms with E-state index >= 15 is 0 Å². The van der Waals surface area contributed by atoms with Gasteiger partial charge in [0.05, 0.1) is 0 Å². The summed E-state index contributed by atoms with van der Waals surface area (Å²) in [6.07, 6.45) is 2.81. The van der Waals surface area contributed by atoms with Gasteiger partial charge in [0, 0.05) is 13.1 Å². The number of nitrogens with zero attached hydrogens (tertiary/aromatic N) is 1. The molecule has 0 saturated heterocycles. The van der Waals surface area contributed by atoms with Crippen LogP contribution in [0, 0.1) is 6.92 Å². The van der Waals surface area contributed by atoms with E-state index in [1.807, 2.05) is 6.92 Å². The normalized spacial score (nSPS) is 13.1. The summed E-state index contributed by atoms with van der Waals surface area (Å²) in [4.78, 5) is 40.4. The van der Waals surface area contributed by atoms with Crippen molar-refractivity contribution in [2.45, 2.75) is 91.8 Å². The third kappa shape index (κ3) is 9.32. The Labute approximate surface area is 198 Å². The standard InChI is InChI=1S/C25H41N3O5/c1-8-10-11-14-26-22(30)21(19-12-13-20(29)17(3)16-19)28(15-9-2)23(31)18(4)27-24(32)33-25(5,6)7/h12-13,16,18,21,29H,8-11,14-15H2,1-7H3,(H,26,30)(H,27,32). The van der Waals surface area contributed by atoms with Gasteiger partial charge in [0.2, 0.25) is 11.8 Å². The van der Waals surface area contributed by atoms with Crippen LogP contribution in [-0.4, -0.2) is 52.6 Å². The molecule has 0 fully saturated rings. The minimum atomic E-state index is -0.889. The van der Waals surface area contributed by atoms with Crippen molar-refractivity contribution < 1.29 is 24.2 Å². The van der Waals surface area contributed by atoms with Crippen LogP contribution in [-0.2, 0) is 14.3 Å². The molecule has 0 aliphatic carbocycles. The Morgan fingerprint density at radius 2 is 1.79 bits per heavy atom. The van der Waals surface area contributed by atoms with Crippen molar-refractivity contribution >= 4 is 17.9 Å². The number of carbonyl (C=O) groups excluding carboxylic acids is 3. The zero-order chi connectivity index (χ0) is 25.2. The molecule has 33 heavy (non-hydrogen) atoms. The molecule has 2 unspecified atom stereocenters. The molecule has 3 amide bonds. The first-order chi connectivity index (χ1) is 15.4. The summed E-state index contributed by atoms with van der Waals surface area (Å²) in [6, 6.07) is 3.12. The number of phenolic OH excluding ortho intramolecular Hbond substituents is 1. The molecule has 0 heterocycles. The number of benzene rings is 1. The maximum atomic E-state index is 13.4. The van der Waals surface area contributed by atoms with E-state index in [-0.39, 0.29) is 17.6 Å². The van der Waals surface area contributed by atoms with E-state index in [9.17, 15) is 19.5 Å². The molecule has 1 aromatic carbocycles. The monoisotopic (exact) mass is 463 g/mol. The molecule has 1 aromatic rings. The summed E-state index contributed by atoms with van der Waals surface area (Å²) in [6.45, 7) is 13.4. The molecule has 0 saturated carbocycles. The van der Waals surface area contributed by atoms with Gasteiger partial charge in [0.15, 0.2) is 0 Å². The number of ether oxygens (including phenoxy) is 1. The number of rotatable bonds is 11. The van der Waals surface area contributed by atoms with Crippen LogP contribution in [0.4, 0.5) is 4.79 Å². The van der Waals surface area contributed by atoms with Crippen molar-refractivity contribution in [2.24, 2.45) is 0 Å². The zero-order valence-electron chi connectivity index (χ0n) is 21.2. The van der Waals surface area contributed by atoms with Gasteiger partial charge in [-0.3, -0.25) is 9.59 Å². The lowest BCUT2D eigenvalue weighted by atomic mass is 10.00. The van der Waals surface area contributed by atoms with Gasteiger partial charge in [-0.1, -0.05) is 32.8 Å². The molecule has 0 aliphatic heterocycles. The molecule has 0 aliphatic rings. The Bertz CT molecular complexity index is 804. The van der Waals surface area contributed by atoms with Crippen molar-refractivity contribution in [3.63, 3.8) is 0 Å². The first-order valence-electron chi connectivity index (χ1n) is 11.8.